The van der Waals surface area contributed by atoms with Gasteiger partial charge >= 0.3 is 5.97 Å². The summed E-state index contributed by atoms with van der Waals surface area (Å²) in [5, 5.41) is 0. The minimum absolute atomic E-state index is 0.291. The molecule has 23 heavy (non-hydrogen) atoms. The maximum atomic E-state index is 12.0. The molecule has 1 aromatic carbocycles. The number of nitrogens with zero attached hydrogens (tertiary/aromatic N) is 1. The van der Waals surface area contributed by atoms with Crippen molar-refractivity contribution in [3.63, 3.8) is 0 Å². The molecule has 0 atom stereocenters. The molecule has 0 saturated heterocycles. The lowest BCUT2D eigenvalue weighted by atomic mass is 10.1. The first-order valence-corrected chi connectivity index (χ1v) is 8.30. The van der Waals surface area contributed by atoms with E-state index < -0.39 is 0 Å². The zero-order chi connectivity index (χ0) is 16.7. The largest absolute Gasteiger partial charge is 0.464 e. The number of unbranched alkanes of at least 4 members (excludes halogenated alkanes) is 4. The van der Waals surface area contributed by atoms with Crippen LogP contribution in [0.25, 0.3) is 11.1 Å². The summed E-state index contributed by atoms with van der Waals surface area (Å²) in [7, 11) is 1.42. The zero-order valence-electron chi connectivity index (χ0n) is 14.0. The number of hydrogen-bond donors (Lipinski definition) is 1. The SMILES string of the molecule is CCCCCCCn1cc(-c2ccc(N)cc2)cc1C(=O)OC. The number of rotatable bonds is 8. The van der Waals surface area contributed by atoms with Crippen molar-refractivity contribution in [1.82, 2.24) is 4.57 Å². The fraction of sp³-hybridized carbons (Fsp3) is 0.421. The van der Waals surface area contributed by atoms with Gasteiger partial charge in [0, 0.05) is 24.0 Å². The molecule has 4 nitrogen and oxygen atoms in total. The van der Waals surface area contributed by atoms with E-state index in [0.717, 1.165) is 29.8 Å². The van der Waals surface area contributed by atoms with E-state index in [9.17, 15) is 4.79 Å². The molecular formula is C19H26N2O2. The quantitative estimate of drug-likeness (QED) is 0.443. The normalized spacial score (nSPS) is 10.7. The summed E-state index contributed by atoms with van der Waals surface area (Å²) in [5.74, 6) is -0.291. The van der Waals surface area contributed by atoms with Gasteiger partial charge in [0.1, 0.15) is 5.69 Å². The van der Waals surface area contributed by atoms with Gasteiger partial charge in [-0.25, -0.2) is 4.79 Å². The number of carbonyl (C=O) groups is 1. The highest BCUT2D eigenvalue weighted by molar-refractivity contribution is 5.89. The number of ether oxygens (including phenoxy) is 1. The third-order valence-electron chi connectivity index (χ3n) is 4.04. The summed E-state index contributed by atoms with van der Waals surface area (Å²) in [6.45, 7) is 3.04. The van der Waals surface area contributed by atoms with Gasteiger partial charge in [0.15, 0.2) is 0 Å². The first-order chi connectivity index (χ1) is 11.2. The van der Waals surface area contributed by atoms with E-state index in [2.05, 4.69) is 6.92 Å². The third kappa shape index (κ3) is 4.62. The number of esters is 1. The van der Waals surface area contributed by atoms with Gasteiger partial charge in [-0.1, -0.05) is 44.7 Å². The Hall–Kier alpha value is -2.23. The zero-order valence-corrected chi connectivity index (χ0v) is 14.0. The van der Waals surface area contributed by atoms with Crippen molar-refractivity contribution in [1.29, 1.82) is 0 Å². The number of carbonyl (C=O) groups excluding carboxylic acids is 1. The van der Waals surface area contributed by atoms with Gasteiger partial charge in [0.2, 0.25) is 0 Å². The Morgan fingerprint density at radius 3 is 2.43 bits per heavy atom. The highest BCUT2D eigenvalue weighted by Gasteiger charge is 2.14. The number of anilines is 1. The Labute approximate surface area is 138 Å². The van der Waals surface area contributed by atoms with Crippen LogP contribution in [-0.4, -0.2) is 17.6 Å². The molecule has 0 aliphatic heterocycles. The van der Waals surface area contributed by atoms with Gasteiger partial charge in [-0.05, 0) is 30.2 Å². The number of benzene rings is 1. The second-order valence-electron chi connectivity index (χ2n) is 5.84. The van der Waals surface area contributed by atoms with Crippen LogP contribution in [0.15, 0.2) is 36.5 Å². The van der Waals surface area contributed by atoms with Gasteiger partial charge in [-0.3, -0.25) is 0 Å². The van der Waals surface area contributed by atoms with E-state index in [4.69, 9.17) is 10.5 Å². The van der Waals surface area contributed by atoms with Crippen molar-refractivity contribution < 1.29 is 9.53 Å². The van der Waals surface area contributed by atoms with Crippen LogP contribution in [-0.2, 0) is 11.3 Å². The molecule has 1 aromatic heterocycles. The van der Waals surface area contributed by atoms with Crippen molar-refractivity contribution >= 4 is 11.7 Å². The molecule has 0 aliphatic carbocycles. The number of methoxy groups -OCH3 is 1. The molecule has 0 fully saturated rings. The van der Waals surface area contributed by atoms with Crippen LogP contribution in [0.2, 0.25) is 0 Å². The topological polar surface area (TPSA) is 57.2 Å². The van der Waals surface area contributed by atoms with Crippen molar-refractivity contribution in [3.05, 3.63) is 42.2 Å². The number of nitrogens with two attached hydrogens (primary N) is 1. The van der Waals surface area contributed by atoms with Crippen LogP contribution in [0, 0.1) is 0 Å². The maximum absolute atomic E-state index is 12.0. The Morgan fingerprint density at radius 2 is 1.78 bits per heavy atom. The molecule has 0 saturated carbocycles. The minimum Gasteiger partial charge on any atom is -0.464 e. The predicted octanol–water partition coefficient (Wildman–Crippen LogP) is 4.49. The van der Waals surface area contributed by atoms with Crippen molar-refractivity contribution in [2.45, 2.75) is 45.6 Å². The fourth-order valence-electron chi connectivity index (χ4n) is 2.69. The van der Waals surface area contributed by atoms with E-state index in [1.807, 2.05) is 41.1 Å². The summed E-state index contributed by atoms with van der Waals surface area (Å²) in [6, 6.07) is 9.57. The molecule has 2 N–H and O–H groups in total. The van der Waals surface area contributed by atoms with E-state index in [1.54, 1.807) is 0 Å². The number of hydrogen-bond acceptors (Lipinski definition) is 3. The van der Waals surface area contributed by atoms with E-state index in [1.165, 1.54) is 32.8 Å². The first-order valence-electron chi connectivity index (χ1n) is 8.30. The van der Waals surface area contributed by atoms with Crippen molar-refractivity contribution in [2.75, 3.05) is 12.8 Å². The molecule has 0 unspecified atom stereocenters. The summed E-state index contributed by atoms with van der Waals surface area (Å²) >= 11 is 0. The molecule has 0 amide bonds. The van der Waals surface area contributed by atoms with Crippen LogP contribution in [0.5, 0.6) is 0 Å². The lowest BCUT2D eigenvalue weighted by Crippen LogP contribution is -2.10. The Kier molecular flexibility index (Phi) is 6.27. The van der Waals surface area contributed by atoms with Gasteiger partial charge in [-0.15, -0.1) is 0 Å². The Morgan fingerprint density at radius 1 is 1.09 bits per heavy atom. The highest BCUT2D eigenvalue weighted by atomic mass is 16.5. The molecule has 2 rings (SSSR count). The van der Waals surface area contributed by atoms with Crippen LogP contribution >= 0.6 is 0 Å². The second-order valence-corrected chi connectivity index (χ2v) is 5.84. The number of aryl methyl sites for hydroxylation is 1. The first kappa shape index (κ1) is 17.1. The number of aromatic nitrogens is 1. The van der Waals surface area contributed by atoms with Crippen LogP contribution in [0.4, 0.5) is 5.69 Å². The Balaban J connectivity index is 2.15. The maximum Gasteiger partial charge on any atom is 0.354 e. The van der Waals surface area contributed by atoms with Gasteiger partial charge < -0.3 is 15.0 Å². The minimum atomic E-state index is -0.291. The summed E-state index contributed by atoms with van der Waals surface area (Å²) in [5.41, 5.74) is 9.14. The van der Waals surface area contributed by atoms with Crippen LogP contribution < -0.4 is 5.73 Å². The second kappa shape index (κ2) is 8.42. The van der Waals surface area contributed by atoms with Crippen molar-refractivity contribution in [2.24, 2.45) is 0 Å². The molecule has 4 heteroatoms. The lowest BCUT2D eigenvalue weighted by Gasteiger charge is -2.07. The molecule has 0 bridgehead atoms. The molecule has 1 heterocycles. The average molecular weight is 314 g/mol. The molecule has 2 aromatic rings. The summed E-state index contributed by atoms with van der Waals surface area (Å²) in [6.07, 6.45) is 8.03. The van der Waals surface area contributed by atoms with Crippen molar-refractivity contribution in [3.8, 4) is 11.1 Å². The lowest BCUT2D eigenvalue weighted by molar-refractivity contribution is 0.0588. The Bertz CT molecular complexity index is 629. The molecule has 0 aliphatic rings. The summed E-state index contributed by atoms with van der Waals surface area (Å²) in [4.78, 5) is 12.0. The van der Waals surface area contributed by atoms with Crippen LogP contribution in [0.1, 0.15) is 49.5 Å². The van der Waals surface area contributed by atoms with Gasteiger partial charge in [0.25, 0.3) is 0 Å². The third-order valence-corrected chi connectivity index (χ3v) is 4.04. The van der Waals surface area contributed by atoms with E-state index in [0.29, 0.717) is 5.69 Å². The fourth-order valence-corrected chi connectivity index (χ4v) is 2.69. The van der Waals surface area contributed by atoms with Crippen LogP contribution in [0.3, 0.4) is 0 Å². The molecule has 0 radical (unpaired) electrons. The standard InChI is InChI=1S/C19H26N2O2/c1-3-4-5-6-7-12-21-14-16(13-18(21)19(22)23-2)15-8-10-17(20)11-9-15/h8-11,13-14H,3-7,12,20H2,1-2H3. The smallest absolute Gasteiger partial charge is 0.354 e. The predicted molar refractivity (Wildman–Crippen MR) is 94.4 cm³/mol. The van der Waals surface area contributed by atoms with Gasteiger partial charge in [0.05, 0.1) is 7.11 Å². The average Bonchev–Trinajstić information content (AvgIpc) is 2.99. The van der Waals surface area contributed by atoms with E-state index in [-0.39, 0.29) is 5.97 Å². The van der Waals surface area contributed by atoms with Gasteiger partial charge in [-0.2, -0.15) is 0 Å². The number of nitrogen functional groups attached to an aromatic ring is 1. The molecule has 0 spiro atoms. The monoisotopic (exact) mass is 314 g/mol. The molecular weight excluding hydrogens is 288 g/mol. The highest BCUT2D eigenvalue weighted by Crippen LogP contribution is 2.24. The molecule has 124 valence electrons. The van der Waals surface area contributed by atoms with E-state index >= 15 is 0 Å². The summed E-state index contributed by atoms with van der Waals surface area (Å²) < 4.78 is 6.91.